The van der Waals surface area contributed by atoms with Crippen LogP contribution in [0, 0.1) is 6.92 Å². The number of nitrogens with one attached hydrogen (secondary N) is 2. The lowest BCUT2D eigenvalue weighted by Gasteiger charge is -2.11. The molecule has 0 spiro atoms. The maximum absolute atomic E-state index is 12.6. The quantitative estimate of drug-likeness (QED) is 0.317. The Hall–Kier alpha value is -3.62. The molecule has 0 aliphatic carbocycles. The van der Waals surface area contributed by atoms with Gasteiger partial charge in [-0.3, -0.25) is 14.5 Å². The molecule has 0 atom stereocenters. The van der Waals surface area contributed by atoms with Gasteiger partial charge >= 0.3 is 0 Å². The third-order valence-electron chi connectivity index (χ3n) is 5.09. The molecule has 0 aliphatic heterocycles. The van der Waals surface area contributed by atoms with Crippen molar-refractivity contribution < 1.29 is 4.79 Å². The van der Waals surface area contributed by atoms with E-state index in [9.17, 15) is 4.79 Å². The van der Waals surface area contributed by atoms with Crippen molar-refractivity contribution in [1.29, 1.82) is 0 Å². The standard InChI is InChI=1S/C24H19ClN6OS/c1-15-2-10-20(11-3-15)31-23(16-4-7-18(25)8-5-16)29-30-24(31)33-14-22(32)27-19-9-6-17-13-26-28-21(17)12-19/h2-13H,14H2,1H3,(H,26,28)(H,27,32). The Morgan fingerprint density at radius 3 is 2.64 bits per heavy atom. The van der Waals surface area contributed by atoms with E-state index in [1.165, 1.54) is 11.8 Å². The van der Waals surface area contributed by atoms with Crippen LogP contribution in [0.3, 0.4) is 0 Å². The second-order valence-corrected chi connectivity index (χ2v) is 8.87. The van der Waals surface area contributed by atoms with Gasteiger partial charge in [0.15, 0.2) is 11.0 Å². The van der Waals surface area contributed by atoms with Crippen molar-refractivity contribution >= 4 is 45.9 Å². The number of anilines is 1. The molecule has 33 heavy (non-hydrogen) atoms. The Bertz CT molecular complexity index is 1430. The van der Waals surface area contributed by atoms with Crippen LogP contribution in [0.2, 0.25) is 5.02 Å². The van der Waals surface area contributed by atoms with E-state index < -0.39 is 0 Å². The molecule has 0 unspecified atom stereocenters. The number of hydrogen-bond donors (Lipinski definition) is 2. The summed E-state index contributed by atoms with van der Waals surface area (Å²) in [7, 11) is 0. The summed E-state index contributed by atoms with van der Waals surface area (Å²) >= 11 is 7.39. The molecular weight excluding hydrogens is 456 g/mol. The first-order valence-electron chi connectivity index (χ1n) is 10.2. The summed E-state index contributed by atoms with van der Waals surface area (Å²) in [5, 5.41) is 20.9. The second kappa shape index (κ2) is 9.09. The first-order valence-corrected chi connectivity index (χ1v) is 11.6. The largest absolute Gasteiger partial charge is 0.325 e. The van der Waals surface area contributed by atoms with Gasteiger partial charge in [0.1, 0.15) is 0 Å². The predicted octanol–water partition coefficient (Wildman–Crippen LogP) is 5.50. The van der Waals surface area contributed by atoms with Crippen molar-refractivity contribution in [3.63, 3.8) is 0 Å². The Balaban J connectivity index is 1.39. The molecule has 5 rings (SSSR count). The third kappa shape index (κ3) is 4.62. The van der Waals surface area contributed by atoms with Crippen molar-refractivity contribution in [2.75, 3.05) is 11.1 Å². The van der Waals surface area contributed by atoms with E-state index in [0.717, 1.165) is 27.7 Å². The first-order chi connectivity index (χ1) is 16.1. The Kier molecular flexibility index (Phi) is 5.85. The average Bonchev–Trinajstić information content (AvgIpc) is 3.45. The van der Waals surface area contributed by atoms with E-state index in [1.807, 2.05) is 78.2 Å². The van der Waals surface area contributed by atoms with Gasteiger partial charge in [-0.2, -0.15) is 5.10 Å². The normalized spacial score (nSPS) is 11.1. The number of thioether (sulfide) groups is 1. The van der Waals surface area contributed by atoms with Crippen LogP contribution in [0.1, 0.15) is 5.56 Å². The maximum Gasteiger partial charge on any atom is 0.234 e. The lowest BCUT2D eigenvalue weighted by Crippen LogP contribution is -2.14. The molecule has 0 bridgehead atoms. The van der Waals surface area contributed by atoms with Gasteiger partial charge in [0.2, 0.25) is 5.91 Å². The second-order valence-electron chi connectivity index (χ2n) is 7.49. The summed E-state index contributed by atoms with van der Waals surface area (Å²) in [5.41, 5.74) is 4.54. The molecule has 2 N–H and O–H groups in total. The fourth-order valence-corrected chi connectivity index (χ4v) is 4.30. The molecule has 0 aliphatic rings. The number of aryl methyl sites for hydroxylation is 1. The average molecular weight is 475 g/mol. The summed E-state index contributed by atoms with van der Waals surface area (Å²) < 4.78 is 1.96. The summed E-state index contributed by atoms with van der Waals surface area (Å²) in [6.07, 6.45) is 1.74. The van der Waals surface area contributed by atoms with E-state index in [-0.39, 0.29) is 11.7 Å². The van der Waals surface area contributed by atoms with Crippen molar-refractivity contribution in [2.24, 2.45) is 0 Å². The van der Waals surface area contributed by atoms with Crippen LogP contribution in [0.25, 0.3) is 28.0 Å². The van der Waals surface area contributed by atoms with Crippen molar-refractivity contribution in [3.05, 3.63) is 83.5 Å². The van der Waals surface area contributed by atoms with E-state index in [2.05, 4.69) is 25.7 Å². The van der Waals surface area contributed by atoms with Gasteiger partial charge in [-0.15, -0.1) is 10.2 Å². The van der Waals surface area contributed by atoms with Crippen LogP contribution in [0.15, 0.2) is 78.1 Å². The number of benzene rings is 3. The fourth-order valence-electron chi connectivity index (χ4n) is 3.42. The van der Waals surface area contributed by atoms with Crippen LogP contribution in [-0.2, 0) is 4.79 Å². The van der Waals surface area contributed by atoms with Gasteiger partial charge < -0.3 is 5.32 Å². The molecule has 0 fully saturated rings. The fraction of sp³-hybridized carbons (Fsp3) is 0.0833. The van der Waals surface area contributed by atoms with Crippen LogP contribution in [-0.4, -0.2) is 36.6 Å². The Morgan fingerprint density at radius 2 is 1.85 bits per heavy atom. The van der Waals surface area contributed by atoms with Gasteiger partial charge in [0.05, 0.1) is 17.5 Å². The topological polar surface area (TPSA) is 88.5 Å². The zero-order chi connectivity index (χ0) is 22.8. The highest BCUT2D eigenvalue weighted by molar-refractivity contribution is 7.99. The highest BCUT2D eigenvalue weighted by Crippen LogP contribution is 2.29. The highest BCUT2D eigenvalue weighted by Gasteiger charge is 2.17. The summed E-state index contributed by atoms with van der Waals surface area (Å²) in [4.78, 5) is 12.6. The van der Waals surface area contributed by atoms with E-state index in [1.54, 1.807) is 6.20 Å². The number of H-pyrrole nitrogens is 1. The minimum absolute atomic E-state index is 0.134. The number of carbonyl (C=O) groups excluding carboxylic acids is 1. The number of carbonyl (C=O) groups is 1. The number of nitrogens with zero attached hydrogens (tertiary/aromatic N) is 4. The number of aromatic nitrogens is 5. The third-order valence-corrected chi connectivity index (χ3v) is 6.27. The summed E-state index contributed by atoms with van der Waals surface area (Å²) in [6, 6.07) is 21.2. The zero-order valence-electron chi connectivity index (χ0n) is 17.6. The van der Waals surface area contributed by atoms with Crippen molar-refractivity contribution in [1.82, 2.24) is 25.0 Å². The zero-order valence-corrected chi connectivity index (χ0v) is 19.2. The van der Waals surface area contributed by atoms with Gasteiger partial charge in [0.25, 0.3) is 0 Å². The maximum atomic E-state index is 12.6. The molecule has 2 aromatic heterocycles. The molecule has 0 radical (unpaired) electrons. The number of hydrogen-bond acceptors (Lipinski definition) is 5. The molecule has 7 nitrogen and oxygen atoms in total. The number of fused-ring (bicyclic) bond motifs is 1. The van der Waals surface area contributed by atoms with Crippen LogP contribution in [0.5, 0.6) is 0 Å². The summed E-state index contributed by atoms with van der Waals surface area (Å²) in [6.45, 7) is 2.04. The summed E-state index contributed by atoms with van der Waals surface area (Å²) in [5.74, 6) is 0.736. The lowest BCUT2D eigenvalue weighted by atomic mass is 10.2. The van der Waals surface area contributed by atoms with Crippen molar-refractivity contribution in [2.45, 2.75) is 12.1 Å². The predicted molar refractivity (Wildman–Crippen MR) is 132 cm³/mol. The smallest absolute Gasteiger partial charge is 0.234 e. The van der Waals surface area contributed by atoms with Crippen LogP contribution < -0.4 is 5.32 Å². The Morgan fingerprint density at radius 1 is 1.06 bits per heavy atom. The van der Waals surface area contributed by atoms with E-state index >= 15 is 0 Å². The van der Waals surface area contributed by atoms with Crippen LogP contribution in [0.4, 0.5) is 5.69 Å². The molecule has 3 aromatic carbocycles. The molecule has 2 heterocycles. The SMILES string of the molecule is Cc1ccc(-n2c(SCC(=O)Nc3ccc4cn[nH]c4c3)nnc2-c2ccc(Cl)cc2)cc1. The van der Waals surface area contributed by atoms with E-state index in [4.69, 9.17) is 11.6 Å². The molecule has 5 aromatic rings. The number of amides is 1. The first kappa shape index (κ1) is 21.2. The molecular formula is C24H19ClN6OS. The van der Waals surface area contributed by atoms with Gasteiger partial charge in [-0.1, -0.05) is 41.1 Å². The van der Waals surface area contributed by atoms with E-state index in [0.29, 0.717) is 21.7 Å². The molecule has 9 heteroatoms. The van der Waals surface area contributed by atoms with Crippen LogP contribution >= 0.6 is 23.4 Å². The number of aromatic amines is 1. The monoisotopic (exact) mass is 474 g/mol. The van der Waals surface area contributed by atoms with Gasteiger partial charge in [0, 0.05) is 27.3 Å². The molecule has 164 valence electrons. The molecule has 1 amide bonds. The van der Waals surface area contributed by atoms with Crippen molar-refractivity contribution in [3.8, 4) is 17.1 Å². The lowest BCUT2D eigenvalue weighted by molar-refractivity contribution is -0.113. The molecule has 0 saturated carbocycles. The highest BCUT2D eigenvalue weighted by atomic mass is 35.5. The number of rotatable bonds is 6. The van der Waals surface area contributed by atoms with Gasteiger partial charge in [-0.05, 0) is 61.5 Å². The minimum Gasteiger partial charge on any atom is -0.325 e. The minimum atomic E-state index is -0.134. The molecule has 0 saturated heterocycles. The number of halogens is 1. The Labute approximate surface area is 199 Å². The van der Waals surface area contributed by atoms with Gasteiger partial charge in [-0.25, -0.2) is 0 Å².